The Hall–Kier alpha value is -4.03. The molecular weight excluding hydrogens is 481 g/mol. The first-order chi connectivity index (χ1) is 17.2. The van der Waals surface area contributed by atoms with E-state index in [9.17, 15) is 22.8 Å². The molecule has 5 rings (SSSR count). The lowest BCUT2D eigenvalue weighted by Gasteiger charge is -2.33. The van der Waals surface area contributed by atoms with Crippen molar-refractivity contribution in [2.24, 2.45) is 0 Å². The summed E-state index contributed by atoms with van der Waals surface area (Å²) in [7, 11) is 1.53. The molecule has 1 aliphatic heterocycles. The number of carbonyl (C=O) groups is 2. The van der Waals surface area contributed by atoms with Gasteiger partial charge in [-0.25, -0.2) is 14.8 Å². The number of urea groups is 1. The molecule has 3 aromatic rings. The molecule has 0 spiro atoms. The maximum Gasteiger partial charge on any atom is 0.417 e. The number of hydrogen-bond donors (Lipinski definition) is 0. The van der Waals surface area contributed by atoms with Gasteiger partial charge < -0.3 is 9.47 Å². The Kier molecular flexibility index (Phi) is 6.06. The average Bonchev–Trinajstić information content (AvgIpc) is 3.17. The number of methoxy groups -OCH3 is 1. The number of anilines is 1. The molecule has 0 unspecified atom stereocenters. The van der Waals surface area contributed by atoms with E-state index in [0.29, 0.717) is 54.5 Å². The minimum absolute atomic E-state index is 0.0672. The first kappa shape index (κ1) is 23.7. The molecule has 3 amide bonds. The number of aromatic nitrogens is 4. The predicted molar refractivity (Wildman–Crippen MR) is 119 cm³/mol. The van der Waals surface area contributed by atoms with E-state index in [-0.39, 0.29) is 24.4 Å². The highest BCUT2D eigenvalue weighted by molar-refractivity contribution is 6.12. The molecule has 0 bridgehead atoms. The topological polar surface area (TPSA) is 111 Å². The molecule has 1 aliphatic carbocycles. The van der Waals surface area contributed by atoms with Crippen LogP contribution in [0.25, 0.3) is 11.0 Å². The standard InChI is InChI=1S/C23H21F3N6O4/c1-35-17-7-18-20(28-10-17)21(30-12-29-18)36-16-4-2-14(3-5-16)32-19(33)11-31(22(32)34)15-6-13(8-27-9-15)23(24,25)26/h6-10,12,14,16H,2-5,11H2,1H3/t14-,16-. The highest BCUT2D eigenvalue weighted by Crippen LogP contribution is 2.34. The van der Waals surface area contributed by atoms with Gasteiger partial charge in [-0.2, -0.15) is 18.2 Å². The number of fused-ring (bicyclic) bond motifs is 1. The SMILES string of the molecule is COc1cnc2c(O[C@H]3CC[C@H](N4C(=O)CN(c5cncc(C(F)(F)F)c5)C4=O)CC3)ncnc2c1. The predicted octanol–water partition coefficient (Wildman–Crippen LogP) is 3.61. The van der Waals surface area contributed by atoms with Crippen molar-refractivity contribution in [1.29, 1.82) is 0 Å². The van der Waals surface area contributed by atoms with Gasteiger partial charge in [-0.1, -0.05) is 0 Å². The number of halogens is 3. The highest BCUT2D eigenvalue weighted by atomic mass is 19.4. The van der Waals surface area contributed by atoms with Gasteiger partial charge in [0.05, 0.1) is 36.3 Å². The molecule has 188 valence electrons. The van der Waals surface area contributed by atoms with E-state index in [1.807, 2.05) is 0 Å². The normalized spacial score (nSPS) is 20.8. The van der Waals surface area contributed by atoms with Crippen molar-refractivity contribution < 1.29 is 32.2 Å². The van der Waals surface area contributed by atoms with Crippen LogP contribution < -0.4 is 14.4 Å². The minimum atomic E-state index is -4.61. The van der Waals surface area contributed by atoms with Crippen LogP contribution in [0.2, 0.25) is 0 Å². The number of pyridine rings is 2. The summed E-state index contributed by atoms with van der Waals surface area (Å²) in [5.41, 5.74) is 0.0186. The van der Waals surface area contributed by atoms with Crippen molar-refractivity contribution in [2.75, 3.05) is 18.6 Å². The maximum absolute atomic E-state index is 13.1. The van der Waals surface area contributed by atoms with Crippen LogP contribution in [0.1, 0.15) is 31.2 Å². The number of rotatable bonds is 5. The lowest BCUT2D eigenvalue weighted by atomic mass is 9.92. The average molecular weight is 502 g/mol. The number of hydrogen-bond acceptors (Lipinski definition) is 8. The molecular formula is C23H21F3N6O4. The molecule has 0 atom stereocenters. The molecule has 13 heteroatoms. The van der Waals surface area contributed by atoms with Gasteiger partial charge in [0, 0.05) is 18.3 Å². The summed E-state index contributed by atoms with van der Waals surface area (Å²) < 4.78 is 50.4. The summed E-state index contributed by atoms with van der Waals surface area (Å²) in [6.07, 6.45) is 2.01. The zero-order valence-electron chi connectivity index (χ0n) is 19.1. The summed E-state index contributed by atoms with van der Waals surface area (Å²) in [4.78, 5) is 44.1. The van der Waals surface area contributed by atoms with Gasteiger partial charge >= 0.3 is 12.2 Å². The quantitative estimate of drug-likeness (QED) is 0.487. The van der Waals surface area contributed by atoms with Crippen molar-refractivity contribution in [3.05, 3.63) is 42.6 Å². The van der Waals surface area contributed by atoms with Gasteiger partial charge in [-0.05, 0) is 31.7 Å². The molecule has 2 aliphatic rings. The van der Waals surface area contributed by atoms with E-state index in [1.165, 1.54) is 13.4 Å². The molecule has 2 fully saturated rings. The van der Waals surface area contributed by atoms with Crippen LogP contribution in [0.5, 0.6) is 11.6 Å². The summed E-state index contributed by atoms with van der Waals surface area (Å²) >= 11 is 0. The van der Waals surface area contributed by atoms with Gasteiger partial charge in [0.1, 0.15) is 24.7 Å². The van der Waals surface area contributed by atoms with Crippen molar-refractivity contribution in [3.63, 3.8) is 0 Å². The second-order valence-corrected chi connectivity index (χ2v) is 8.53. The largest absolute Gasteiger partial charge is 0.495 e. The molecule has 1 saturated carbocycles. The number of amides is 3. The molecule has 4 heterocycles. The Morgan fingerprint density at radius 2 is 1.78 bits per heavy atom. The number of imide groups is 1. The molecule has 0 aromatic carbocycles. The van der Waals surface area contributed by atoms with Crippen molar-refractivity contribution in [1.82, 2.24) is 24.8 Å². The summed E-state index contributed by atoms with van der Waals surface area (Å²) in [6, 6.07) is 1.52. The number of carbonyl (C=O) groups excluding carboxylic acids is 2. The van der Waals surface area contributed by atoms with Gasteiger partial charge in [-0.3, -0.25) is 19.6 Å². The second kappa shape index (κ2) is 9.21. The summed E-state index contributed by atoms with van der Waals surface area (Å²) in [6.45, 7) is -0.333. The molecule has 3 aromatic heterocycles. The summed E-state index contributed by atoms with van der Waals surface area (Å²) in [5, 5.41) is 0. The zero-order valence-corrected chi connectivity index (χ0v) is 19.1. The van der Waals surface area contributed by atoms with E-state index in [1.54, 1.807) is 12.3 Å². The Labute approximate surface area is 203 Å². The molecule has 10 nitrogen and oxygen atoms in total. The van der Waals surface area contributed by atoms with Crippen LogP contribution in [0.4, 0.5) is 23.7 Å². The van der Waals surface area contributed by atoms with Gasteiger partial charge in [0.2, 0.25) is 5.88 Å². The van der Waals surface area contributed by atoms with Gasteiger partial charge in [-0.15, -0.1) is 0 Å². The maximum atomic E-state index is 13.1. The van der Waals surface area contributed by atoms with Crippen LogP contribution in [0.15, 0.2) is 37.1 Å². The zero-order chi connectivity index (χ0) is 25.4. The molecule has 36 heavy (non-hydrogen) atoms. The number of nitrogens with zero attached hydrogens (tertiary/aromatic N) is 6. The lowest BCUT2D eigenvalue weighted by molar-refractivity contribution is -0.137. The van der Waals surface area contributed by atoms with Crippen molar-refractivity contribution in [2.45, 2.75) is 44.0 Å². The van der Waals surface area contributed by atoms with E-state index < -0.39 is 23.7 Å². The van der Waals surface area contributed by atoms with Gasteiger partial charge in [0.25, 0.3) is 5.91 Å². The van der Waals surface area contributed by atoms with Crippen molar-refractivity contribution in [3.8, 4) is 11.6 Å². The third kappa shape index (κ3) is 4.48. The van der Waals surface area contributed by atoms with Crippen molar-refractivity contribution >= 4 is 28.7 Å². The first-order valence-electron chi connectivity index (χ1n) is 11.2. The van der Waals surface area contributed by atoms with Crippen LogP contribution in [0.3, 0.4) is 0 Å². The van der Waals surface area contributed by atoms with Crippen LogP contribution in [0, 0.1) is 0 Å². The lowest BCUT2D eigenvalue weighted by Crippen LogP contribution is -2.44. The van der Waals surface area contributed by atoms with E-state index in [0.717, 1.165) is 22.1 Å². The first-order valence-corrected chi connectivity index (χ1v) is 11.2. The minimum Gasteiger partial charge on any atom is -0.495 e. The van der Waals surface area contributed by atoms with Crippen LogP contribution >= 0.6 is 0 Å². The fraction of sp³-hybridized carbons (Fsp3) is 0.391. The van der Waals surface area contributed by atoms with Gasteiger partial charge in [0.15, 0.2) is 5.52 Å². The molecule has 0 N–H and O–H groups in total. The third-order valence-electron chi connectivity index (χ3n) is 6.30. The van der Waals surface area contributed by atoms with E-state index in [2.05, 4.69) is 19.9 Å². The Balaban J connectivity index is 1.25. The Morgan fingerprint density at radius 1 is 1.00 bits per heavy atom. The Bertz CT molecular complexity index is 1310. The van der Waals surface area contributed by atoms with Crippen LogP contribution in [-0.2, 0) is 11.0 Å². The molecule has 0 radical (unpaired) electrons. The Morgan fingerprint density at radius 3 is 2.50 bits per heavy atom. The van der Waals surface area contributed by atoms with Crippen LogP contribution in [-0.4, -0.2) is 62.6 Å². The third-order valence-corrected chi connectivity index (χ3v) is 6.30. The smallest absolute Gasteiger partial charge is 0.417 e. The monoisotopic (exact) mass is 502 g/mol. The van der Waals surface area contributed by atoms with E-state index in [4.69, 9.17) is 9.47 Å². The number of alkyl halides is 3. The highest BCUT2D eigenvalue weighted by Gasteiger charge is 2.43. The summed E-state index contributed by atoms with van der Waals surface area (Å²) in [5.74, 6) is 0.437. The fourth-order valence-corrected chi connectivity index (χ4v) is 4.49. The second-order valence-electron chi connectivity index (χ2n) is 8.53. The fourth-order valence-electron chi connectivity index (χ4n) is 4.49. The molecule has 1 saturated heterocycles. The van der Waals surface area contributed by atoms with E-state index >= 15 is 0 Å². The number of ether oxygens (including phenoxy) is 2.